The first-order valence-electron chi connectivity index (χ1n) is 6.62. The fraction of sp³-hybridized carbons (Fsp3) is 0.133. The van der Waals surface area contributed by atoms with Crippen LogP contribution in [0.3, 0.4) is 0 Å². The van der Waals surface area contributed by atoms with Crippen molar-refractivity contribution in [3.8, 4) is 11.5 Å². The van der Waals surface area contributed by atoms with Gasteiger partial charge in [-0.25, -0.2) is 15.0 Å². The molecule has 7 nitrogen and oxygen atoms in total. The predicted molar refractivity (Wildman–Crippen MR) is 84.3 cm³/mol. The van der Waals surface area contributed by atoms with Gasteiger partial charge >= 0.3 is 0 Å². The highest BCUT2D eigenvalue weighted by atomic mass is 35.5. The van der Waals surface area contributed by atoms with Crippen LogP contribution in [0.5, 0.6) is 11.5 Å². The molecular weight excluding hydrogens is 320 g/mol. The van der Waals surface area contributed by atoms with Crippen LogP contribution in [0.15, 0.2) is 52.7 Å². The Morgan fingerprint density at radius 2 is 1.74 bits per heavy atom. The average Bonchev–Trinajstić information content (AvgIpc) is 2.59. The quantitative estimate of drug-likeness (QED) is 0.854. The zero-order valence-corrected chi connectivity index (χ0v) is 12.8. The summed E-state index contributed by atoms with van der Waals surface area (Å²) in [7, 11) is 1.50. The Balaban J connectivity index is 1.86. The molecule has 0 radical (unpaired) electrons. The molecule has 2 aromatic rings. The molecule has 0 unspecified atom stereocenters. The Kier molecular flexibility index (Phi) is 4.29. The van der Waals surface area contributed by atoms with Crippen molar-refractivity contribution in [3.63, 3.8) is 0 Å². The molecule has 8 heteroatoms. The number of methoxy groups -OCH3 is 1. The van der Waals surface area contributed by atoms with Crippen molar-refractivity contribution in [3.05, 3.63) is 48.5 Å². The van der Waals surface area contributed by atoms with Gasteiger partial charge in [-0.05, 0) is 18.2 Å². The second-order valence-electron chi connectivity index (χ2n) is 4.43. The van der Waals surface area contributed by atoms with Crippen LogP contribution in [-0.2, 0) is 4.79 Å². The van der Waals surface area contributed by atoms with Gasteiger partial charge in [-0.2, -0.15) is 4.99 Å². The molecule has 116 valence electrons. The van der Waals surface area contributed by atoms with Gasteiger partial charge in [0.15, 0.2) is 22.5 Å². The molecule has 0 saturated carbocycles. The first kappa shape index (κ1) is 15.1. The van der Waals surface area contributed by atoms with Gasteiger partial charge in [0.25, 0.3) is 5.91 Å². The van der Waals surface area contributed by atoms with E-state index in [9.17, 15) is 4.79 Å². The maximum Gasteiger partial charge on any atom is 0.296 e. The number of carbonyl (C=O) groups is 1. The van der Waals surface area contributed by atoms with Gasteiger partial charge in [0.2, 0.25) is 11.9 Å². The van der Waals surface area contributed by atoms with E-state index < -0.39 is 12.0 Å². The minimum Gasteiger partial charge on any atom is -0.493 e. The van der Waals surface area contributed by atoms with Gasteiger partial charge in [-0.15, -0.1) is 0 Å². The number of amides is 1. The molecule has 0 N–H and O–H groups in total. The summed E-state index contributed by atoms with van der Waals surface area (Å²) in [6, 6.07) is 8.55. The van der Waals surface area contributed by atoms with Crippen molar-refractivity contribution in [2.45, 2.75) is 6.10 Å². The summed E-state index contributed by atoms with van der Waals surface area (Å²) in [5.74, 6) is 0.538. The molecule has 0 bridgehead atoms. The van der Waals surface area contributed by atoms with E-state index in [0.717, 1.165) is 0 Å². The maximum absolute atomic E-state index is 12.2. The summed E-state index contributed by atoms with van der Waals surface area (Å²) in [5.41, 5.74) is 0. The molecule has 1 amide bonds. The smallest absolute Gasteiger partial charge is 0.296 e. The fourth-order valence-corrected chi connectivity index (χ4v) is 2.12. The van der Waals surface area contributed by atoms with Crippen LogP contribution in [0.4, 0.5) is 0 Å². The van der Waals surface area contributed by atoms with E-state index in [2.05, 4.69) is 20.0 Å². The normalized spacial score (nSPS) is 17.3. The number of aromatic nitrogens is 2. The highest BCUT2D eigenvalue weighted by Crippen LogP contribution is 2.28. The molecule has 1 aromatic carbocycles. The average molecular weight is 331 g/mol. The minimum absolute atomic E-state index is 0.0432. The first-order valence-corrected chi connectivity index (χ1v) is 7.00. The first-order chi connectivity index (χ1) is 11.2. The Hall–Kier alpha value is -2.80. The van der Waals surface area contributed by atoms with E-state index in [4.69, 9.17) is 21.1 Å². The van der Waals surface area contributed by atoms with Crippen LogP contribution in [0.1, 0.15) is 5.82 Å². The van der Waals surface area contributed by atoms with E-state index in [1.165, 1.54) is 19.5 Å². The van der Waals surface area contributed by atoms with E-state index in [-0.39, 0.29) is 16.8 Å². The number of benzene rings is 1. The zero-order chi connectivity index (χ0) is 16.2. The van der Waals surface area contributed by atoms with Gasteiger partial charge < -0.3 is 9.47 Å². The molecule has 1 aromatic heterocycles. The monoisotopic (exact) mass is 330 g/mol. The van der Waals surface area contributed by atoms with E-state index in [1.54, 1.807) is 30.3 Å². The van der Waals surface area contributed by atoms with Gasteiger partial charge in [0, 0.05) is 12.4 Å². The maximum atomic E-state index is 12.2. The van der Waals surface area contributed by atoms with Crippen molar-refractivity contribution in [2.75, 3.05) is 7.11 Å². The van der Waals surface area contributed by atoms with Gasteiger partial charge in [0.1, 0.15) is 0 Å². The lowest BCUT2D eigenvalue weighted by molar-refractivity contribution is -0.121. The standard InChI is InChI=1S/C15H11ClN4O3/c1-22-9-5-2-3-6-10(9)23-11-12(16)19-14(20-15(11)21)13-17-7-4-8-18-13/h2-8,11H,1H3/t11-/m1/s1. The van der Waals surface area contributed by atoms with E-state index in [1.807, 2.05) is 0 Å². The summed E-state index contributed by atoms with van der Waals surface area (Å²) < 4.78 is 10.8. The summed E-state index contributed by atoms with van der Waals surface area (Å²) in [6.07, 6.45) is 1.92. The highest BCUT2D eigenvalue weighted by Gasteiger charge is 2.31. The van der Waals surface area contributed by atoms with Crippen LogP contribution < -0.4 is 9.47 Å². The lowest BCUT2D eigenvalue weighted by Gasteiger charge is -2.19. The molecule has 0 spiro atoms. The van der Waals surface area contributed by atoms with Crippen LogP contribution in [0, 0.1) is 0 Å². The van der Waals surface area contributed by atoms with Gasteiger partial charge in [0.05, 0.1) is 7.11 Å². The van der Waals surface area contributed by atoms with E-state index in [0.29, 0.717) is 11.5 Å². The third kappa shape index (κ3) is 3.19. The lowest BCUT2D eigenvalue weighted by Crippen LogP contribution is -2.36. The molecule has 2 heterocycles. The lowest BCUT2D eigenvalue weighted by atomic mass is 10.3. The molecule has 1 atom stereocenters. The van der Waals surface area contributed by atoms with Crippen molar-refractivity contribution < 1.29 is 14.3 Å². The predicted octanol–water partition coefficient (Wildman–Crippen LogP) is 1.86. The number of nitrogens with zero attached hydrogens (tertiary/aromatic N) is 4. The van der Waals surface area contributed by atoms with Crippen LogP contribution in [0.25, 0.3) is 0 Å². The number of aliphatic imine (C=N–C) groups is 2. The molecule has 0 aliphatic carbocycles. The Bertz CT molecular complexity index is 792. The number of carbonyl (C=O) groups excluding carboxylic acids is 1. The summed E-state index contributed by atoms with van der Waals surface area (Å²) >= 11 is 6.09. The van der Waals surface area contributed by atoms with Crippen LogP contribution in [0.2, 0.25) is 0 Å². The van der Waals surface area contributed by atoms with E-state index >= 15 is 0 Å². The second-order valence-corrected chi connectivity index (χ2v) is 4.82. The van der Waals surface area contributed by atoms with Crippen LogP contribution >= 0.6 is 11.6 Å². The number of amidine groups is 1. The summed E-state index contributed by atoms with van der Waals surface area (Å²) in [4.78, 5) is 28.1. The van der Waals surface area contributed by atoms with Crippen LogP contribution in [-0.4, -0.2) is 40.1 Å². The minimum atomic E-state index is -1.12. The largest absolute Gasteiger partial charge is 0.493 e. The number of para-hydroxylation sites is 2. The molecular formula is C15H11ClN4O3. The number of halogens is 1. The van der Waals surface area contributed by atoms with Gasteiger partial charge in [-0.3, -0.25) is 4.79 Å². The molecule has 0 fully saturated rings. The third-order valence-corrected chi connectivity index (χ3v) is 3.23. The fourth-order valence-electron chi connectivity index (χ4n) is 1.91. The van der Waals surface area contributed by atoms with Gasteiger partial charge in [-0.1, -0.05) is 23.7 Å². The topological polar surface area (TPSA) is 86.0 Å². The summed E-state index contributed by atoms with van der Waals surface area (Å²) in [5, 5.41) is -0.0432. The third-order valence-electron chi connectivity index (χ3n) is 2.95. The number of hydrogen-bond acceptors (Lipinski definition) is 6. The van der Waals surface area contributed by atoms with Crippen molar-refractivity contribution in [1.82, 2.24) is 9.97 Å². The Labute approximate surface area is 136 Å². The molecule has 1 aliphatic rings. The van der Waals surface area contributed by atoms with Crippen molar-refractivity contribution >= 4 is 28.5 Å². The number of hydrogen-bond donors (Lipinski definition) is 0. The highest BCUT2D eigenvalue weighted by molar-refractivity contribution is 6.69. The molecule has 0 saturated heterocycles. The zero-order valence-electron chi connectivity index (χ0n) is 12.0. The number of rotatable bonds is 4. The summed E-state index contributed by atoms with van der Waals surface area (Å²) in [6.45, 7) is 0. The molecule has 1 aliphatic heterocycles. The van der Waals surface area contributed by atoms with Crippen molar-refractivity contribution in [1.29, 1.82) is 0 Å². The Morgan fingerprint density at radius 3 is 2.39 bits per heavy atom. The van der Waals surface area contributed by atoms with Crippen molar-refractivity contribution in [2.24, 2.45) is 9.98 Å². The molecule has 3 rings (SSSR count). The second kappa shape index (κ2) is 6.53. The Morgan fingerprint density at radius 1 is 1.04 bits per heavy atom. The number of ether oxygens (including phenoxy) is 2. The SMILES string of the molecule is COc1ccccc1O[C@H]1C(=O)N=C(c2ncccn2)N=C1Cl. The molecule has 23 heavy (non-hydrogen) atoms.